The molecule has 2 aliphatic heterocycles. The molecule has 0 aromatic carbocycles. The van der Waals surface area contributed by atoms with Gasteiger partial charge in [-0.3, -0.25) is 0 Å². The summed E-state index contributed by atoms with van der Waals surface area (Å²) in [5.41, 5.74) is 0. The van der Waals surface area contributed by atoms with Gasteiger partial charge in [0.05, 0.1) is 6.10 Å². The highest BCUT2D eigenvalue weighted by Gasteiger charge is 2.36. The van der Waals surface area contributed by atoms with Gasteiger partial charge in [0.2, 0.25) is 0 Å². The molecule has 5 atom stereocenters. The molecule has 1 saturated carbocycles. The number of rotatable bonds is 4. The quantitative estimate of drug-likeness (QED) is 0.864. The molecule has 0 aromatic rings. The maximum absolute atomic E-state index is 12.2. The van der Waals surface area contributed by atoms with Gasteiger partial charge in [0.1, 0.15) is 6.61 Å². The second kappa shape index (κ2) is 6.42. The topological polar surface area (TPSA) is 24.5 Å². The molecule has 2 bridgehead atoms. The van der Waals surface area contributed by atoms with Gasteiger partial charge in [-0.1, -0.05) is 0 Å². The van der Waals surface area contributed by atoms with Gasteiger partial charge in [-0.05, 0) is 57.5 Å². The Labute approximate surface area is 124 Å². The molecule has 0 amide bonds. The molecule has 6 heteroatoms. The van der Waals surface area contributed by atoms with Gasteiger partial charge in [0.25, 0.3) is 0 Å². The predicted octanol–water partition coefficient (Wildman–Crippen LogP) is 2.56. The zero-order chi connectivity index (χ0) is 14.9. The second-order valence-electron chi connectivity index (χ2n) is 6.82. The molecule has 3 fully saturated rings. The lowest BCUT2D eigenvalue weighted by atomic mass is 9.88. The highest BCUT2D eigenvalue weighted by atomic mass is 19.4. The number of fused-ring (bicyclic) bond motifs is 2. The summed E-state index contributed by atoms with van der Waals surface area (Å²) in [6, 6.07) is 0.879. The van der Waals surface area contributed by atoms with Crippen molar-refractivity contribution in [1.82, 2.24) is 10.2 Å². The number of hydrogen-bond donors (Lipinski definition) is 1. The molecule has 21 heavy (non-hydrogen) atoms. The molecule has 2 saturated heterocycles. The first-order chi connectivity index (χ1) is 9.99. The largest absolute Gasteiger partial charge is 0.411 e. The molecular formula is C15H25F3N2O. The van der Waals surface area contributed by atoms with Crippen molar-refractivity contribution in [2.45, 2.75) is 62.9 Å². The van der Waals surface area contributed by atoms with Crippen LogP contribution < -0.4 is 5.32 Å². The van der Waals surface area contributed by atoms with Crippen LogP contribution in [-0.2, 0) is 4.74 Å². The van der Waals surface area contributed by atoms with Crippen molar-refractivity contribution in [3.8, 4) is 0 Å². The van der Waals surface area contributed by atoms with Crippen LogP contribution in [0.4, 0.5) is 13.2 Å². The molecule has 5 unspecified atom stereocenters. The van der Waals surface area contributed by atoms with E-state index < -0.39 is 12.8 Å². The minimum Gasteiger partial charge on any atom is -0.369 e. The maximum atomic E-state index is 12.2. The minimum atomic E-state index is -4.21. The van der Waals surface area contributed by atoms with Crippen LogP contribution in [0.5, 0.6) is 0 Å². The number of alkyl halides is 3. The van der Waals surface area contributed by atoms with Crippen molar-refractivity contribution in [2.24, 2.45) is 5.92 Å². The summed E-state index contributed by atoms with van der Waals surface area (Å²) in [7, 11) is 0. The molecule has 0 radical (unpaired) electrons. The molecule has 1 aliphatic carbocycles. The summed E-state index contributed by atoms with van der Waals surface area (Å²) in [6.07, 6.45) is 1.51. The third kappa shape index (κ3) is 4.33. The molecule has 3 aliphatic rings. The Kier molecular flexibility index (Phi) is 4.76. The number of nitrogens with zero attached hydrogens (tertiary/aromatic N) is 1. The summed E-state index contributed by atoms with van der Waals surface area (Å²) in [4.78, 5) is 2.51. The van der Waals surface area contributed by atoms with Gasteiger partial charge in [0, 0.05) is 18.6 Å². The van der Waals surface area contributed by atoms with E-state index in [9.17, 15) is 13.2 Å². The second-order valence-corrected chi connectivity index (χ2v) is 6.82. The van der Waals surface area contributed by atoms with Crippen LogP contribution in [0.2, 0.25) is 0 Å². The number of nitrogens with one attached hydrogen (secondary N) is 1. The van der Waals surface area contributed by atoms with E-state index in [1.54, 1.807) is 0 Å². The first kappa shape index (κ1) is 15.6. The smallest absolute Gasteiger partial charge is 0.369 e. The van der Waals surface area contributed by atoms with E-state index in [2.05, 4.69) is 10.2 Å². The predicted molar refractivity (Wildman–Crippen MR) is 74.1 cm³/mol. The molecule has 3 nitrogen and oxygen atoms in total. The van der Waals surface area contributed by atoms with E-state index in [1.165, 1.54) is 25.9 Å². The minimum absolute atomic E-state index is 0.235. The summed E-state index contributed by atoms with van der Waals surface area (Å²) >= 11 is 0. The average molecular weight is 306 g/mol. The van der Waals surface area contributed by atoms with Crippen LogP contribution in [0, 0.1) is 5.92 Å². The normalized spacial score (nSPS) is 40.4. The molecule has 0 aromatic heterocycles. The van der Waals surface area contributed by atoms with Gasteiger partial charge in [-0.15, -0.1) is 0 Å². The van der Waals surface area contributed by atoms with E-state index in [0.29, 0.717) is 12.1 Å². The lowest BCUT2D eigenvalue weighted by molar-refractivity contribution is -0.188. The fraction of sp³-hybridized carbons (Fsp3) is 1.00. The van der Waals surface area contributed by atoms with Crippen molar-refractivity contribution in [2.75, 3.05) is 26.2 Å². The van der Waals surface area contributed by atoms with Gasteiger partial charge in [0.15, 0.2) is 0 Å². The fourth-order valence-electron chi connectivity index (χ4n) is 4.13. The van der Waals surface area contributed by atoms with Gasteiger partial charge in [-0.2, -0.15) is 13.2 Å². The van der Waals surface area contributed by atoms with Crippen molar-refractivity contribution in [3.05, 3.63) is 0 Å². The highest BCUT2D eigenvalue weighted by molar-refractivity contribution is 4.93. The van der Waals surface area contributed by atoms with Crippen LogP contribution >= 0.6 is 0 Å². The van der Waals surface area contributed by atoms with E-state index in [1.807, 2.05) is 0 Å². The van der Waals surface area contributed by atoms with E-state index in [-0.39, 0.29) is 6.10 Å². The monoisotopic (exact) mass is 306 g/mol. The molecule has 0 spiro atoms. The Balaban J connectivity index is 1.45. The van der Waals surface area contributed by atoms with Gasteiger partial charge in [-0.25, -0.2) is 0 Å². The number of hydrogen-bond acceptors (Lipinski definition) is 3. The SMILES string of the molecule is FC(F)(F)COC1CCCC(NC2CCN3CCC2C3)C1. The summed E-state index contributed by atoms with van der Waals surface area (Å²) in [5, 5.41) is 3.72. The van der Waals surface area contributed by atoms with Crippen LogP contribution in [-0.4, -0.2) is 55.5 Å². The van der Waals surface area contributed by atoms with E-state index in [0.717, 1.165) is 38.1 Å². The Hall–Kier alpha value is -0.330. The molecule has 3 rings (SSSR count). The van der Waals surface area contributed by atoms with Crippen LogP contribution in [0.15, 0.2) is 0 Å². The van der Waals surface area contributed by atoms with Crippen LogP contribution in [0.25, 0.3) is 0 Å². The Morgan fingerprint density at radius 2 is 1.90 bits per heavy atom. The first-order valence-corrected chi connectivity index (χ1v) is 8.16. The lowest BCUT2D eigenvalue weighted by Gasteiger charge is -2.37. The zero-order valence-electron chi connectivity index (χ0n) is 12.4. The first-order valence-electron chi connectivity index (χ1n) is 8.16. The van der Waals surface area contributed by atoms with E-state index in [4.69, 9.17) is 4.74 Å². The van der Waals surface area contributed by atoms with Gasteiger partial charge < -0.3 is 15.0 Å². The Morgan fingerprint density at radius 1 is 1.10 bits per heavy atom. The standard InChI is InChI=1S/C15H25F3N2O/c16-15(17,18)10-21-13-3-1-2-12(8-13)19-14-5-7-20-6-4-11(14)9-20/h11-14,19H,1-10H2. The average Bonchev–Trinajstić information content (AvgIpc) is 2.82. The van der Waals surface area contributed by atoms with Crippen LogP contribution in [0.1, 0.15) is 38.5 Å². The third-order valence-corrected chi connectivity index (χ3v) is 5.19. The summed E-state index contributed by atoms with van der Waals surface area (Å²) < 4.78 is 41.8. The molecule has 2 heterocycles. The molecule has 122 valence electrons. The summed E-state index contributed by atoms with van der Waals surface area (Å²) in [6.45, 7) is 2.46. The Morgan fingerprint density at radius 3 is 2.71 bits per heavy atom. The highest BCUT2D eigenvalue weighted by Crippen LogP contribution is 2.30. The number of halogens is 3. The number of ether oxygens (including phenoxy) is 1. The van der Waals surface area contributed by atoms with E-state index >= 15 is 0 Å². The van der Waals surface area contributed by atoms with Crippen molar-refractivity contribution >= 4 is 0 Å². The van der Waals surface area contributed by atoms with Crippen molar-refractivity contribution in [1.29, 1.82) is 0 Å². The third-order valence-electron chi connectivity index (χ3n) is 5.19. The summed E-state index contributed by atoms with van der Waals surface area (Å²) in [5.74, 6) is 0.732. The lowest BCUT2D eigenvalue weighted by Crippen LogP contribution is -2.49. The van der Waals surface area contributed by atoms with Crippen molar-refractivity contribution < 1.29 is 17.9 Å². The van der Waals surface area contributed by atoms with Crippen molar-refractivity contribution in [3.63, 3.8) is 0 Å². The molecule has 1 N–H and O–H groups in total. The fourth-order valence-corrected chi connectivity index (χ4v) is 4.13. The van der Waals surface area contributed by atoms with Crippen LogP contribution in [0.3, 0.4) is 0 Å². The molecular weight excluding hydrogens is 281 g/mol. The maximum Gasteiger partial charge on any atom is 0.411 e. The van der Waals surface area contributed by atoms with Gasteiger partial charge >= 0.3 is 6.18 Å². The Bertz CT molecular complexity index is 350. The number of piperidine rings is 1. The zero-order valence-corrected chi connectivity index (χ0v) is 12.4.